The third-order valence-corrected chi connectivity index (χ3v) is 5.22. The van der Waals surface area contributed by atoms with Gasteiger partial charge in [0.25, 0.3) is 0 Å². The second-order valence-electron chi connectivity index (χ2n) is 7.49. The third kappa shape index (κ3) is 5.37. The molecule has 2 heterocycles. The molecule has 0 bridgehead atoms. The second kappa shape index (κ2) is 9.72. The van der Waals surface area contributed by atoms with Gasteiger partial charge in [-0.05, 0) is 48.7 Å². The van der Waals surface area contributed by atoms with Gasteiger partial charge < -0.3 is 16.0 Å². The molecular formula is C24H25N7. The predicted molar refractivity (Wildman–Crippen MR) is 125 cm³/mol. The Morgan fingerprint density at radius 3 is 2.32 bits per heavy atom. The number of nitrogens with two attached hydrogens (primary N) is 1. The molecule has 0 radical (unpaired) electrons. The lowest BCUT2D eigenvalue weighted by Crippen LogP contribution is -2.23. The molecule has 3 N–H and O–H groups in total. The average Bonchev–Trinajstić information content (AvgIpc) is 3.08. The van der Waals surface area contributed by atoms with E-state index in [4.69, 9.17) is 5.73 Å². The van der Waals surface area contributed by atoms with Crippen LogP contribution in [-0.2, 0) is 0 Å². The number of hydrogen-bond donors (Lipinski definition) is 2. The summed E-state index contributed by atoms with van der Waals surface area (Å²) in [6.07, 6.45) is 6.85. The summed E-state index contributed by atoms with van der Waals surface area (Å²) >= 11 is 0. The highest BCUT2D eigenvalue weighted by Crippen LogP contribution is 2.23. The Kier molecular flexibility index (Phi) is 6.38. The minimum atomic E-state index is 0.0566. The van der Waals surface area contributed by atoms with E-state index < -0.39 is 0 Å². The fourth-order valence-corrected chi connectivity index (χ4v) is 3.64. The highest BCUT2D eigenvalue weighted by atomic mass is 15.2. The van der Waals surface area contributed by atoms with Gasteiger partial charge in [-0.15, -0.1) is 0 Å². The van der Waals surface area contributed by atoms with Gasteiger partial charge in [-0.1, -0.05) is 43.2 Å². The first kappa shape index (κ1) is 20.4. The Labute approximate surface area is 182 Å². The summed E-state index contributed by atoms with van der Waals surface area (Å²) in [6, 6.07) is 20.0. The number of allylic oxidation sites excluding steroid dienone is 1. The minimum absolute atomic E-state index is 0.0566. The highest BCUT2D eigenvalue weighted by Gasteiger charge is 2.12. The van der Waals surface area contributed by atoms with Crippen LogP contribution in [-0.4, -0.2) is 28.0 Å². The van der Waals surface area contributed by atoms with Crippen molar-refractivity contribution in [2.45, 2.75) is 25.7 Å². The van der Waals surface area contributed by atoms with Crippen LogP contribution in [0.25, 0.3) is 11.6 Å². The Hall–Kier alpha value is -3.92. The smallest absolute Gasteiger partial charge is 0.232 e. The number of nitrogens with one attached hydrogen (secondary N) is 1. The summed E-state index contributed by atoms with van der Waals surface area (Å²) in [5, 5.41) is 12.8. The molecule has 1 aliphatic rings. The molecule has 2 aromatic carbocycles. The van der Waals surface area contributed by atoms with Crippen molar-refractivity contribution < 1.29 is 0 Å². The maximum atomic E-state index is 9.71. The van der Waals surface area contributed by atoms with E-state index in [-0.39, 0.29) is 11.8 Å². The zero-order chi connectivity index (χ0) is 21.5. The summed E-state index contributed by atoms with van der Waals surface area (Å²) in [5.74, 6) is 0.595. The van der Waals surface area contributed by atoms with Crippen LogP contribution in [0, 0.1) is 11.3 Å². The minimum Gasteiger partial charge on any atom is -0.372 e. The van der Waals surface area contributed by atoms with Gasteiger partial charge in [0.2, 0.25) is 11.9 Å². The Bertz CT molecular complexity index is 1080. The van der Waals surface area contributed by atoms with Crippen molar-refractivity contribution in [1.29, 1.82) is 5.26 Å². The van der Waals surface area contributed by atoms with Crippen molar-refractivity contribution >= 4 is 34.9 Å². The van der Waals surface area contributed by atoms with Crippen LogP contribution in [0.15, 0.2) is 54.6 Å². The van der Waals surface area contributed by atoms with Crippen molar-refractivity contribution in [3.05, 3.63) is 66.0 Å². The molecule has 1 saturated heterocycles. The van der Waals surface area contributed by atoms with Gasteiger partial charge in [0.05, 0.1) is 5.57 Å². The fourth-order valence-electron chi connectivity index (χ4n) is 3.64. The number of anilines is 4. The maximum Gasteiger partial charge on any atom is 0.232 e. The molecule has 0 atom stereocenters. The van der Waals surface area contributed by atoms with Gasteiger partial charge in [-0.2, -0.15) is 20.2 Å². The van der Waals surface area contributed by atoms with Gasteiger partial charge in [0.1, 0.15) is 6.07 Å². The molecular weight excluding hydrogens is 386 g/mol. The van der Waals surface area contributed by atoms with E-state index in [9.17, 15) is 5.26 Å². The summed E-state index contributed by atoms with van der Waals surface area (Å²) in [4.78, 5) is 15.1. The van der Waals surface area contributed by atoms with Crippen LogP contribution in [0.1, 0.15) is 37.1 Å². The zero-order valence-corrected chi connectivity index (χ0v) is 17.3. The Morgan fingerprint density at radius 1 is 0.935 bits per heavy atom. The van der Waals surface area contributed by atoms with E-state index in [0.717, 1.165) is 24.3 Å². The lowest BCUT2D eigenvalue weighted by molar-refractivity contribution is 0.726. The molecule has 0 amide bonds. The van der Waals surface area contributed by atoms with Crippen LogP contribution in [0.2, 0.25) is 0 Å². The molecule has 1 fully saturated rings. The van der Waals surface area contributed by atoms with Crippen molar-refractivity contribution in [1.82, 2.24) is 15.0 Å². The molecule has 1 aromatic heterocycles. The monoisotopic (exact) mass is 411 g/mol. The maximum absolute atomic E-state index is 9.71. The number of hydrogen-bond acceptors (Lipinski definition) is 7. The van der Waals surface area contributed by atoms with E-state index in [2.05, 4.69) is 43.4 Å². The third-order valence-electron chi connectivity index (χ3n) is 5.22. The van der Waals surface area contributed by atoms with Crippen LogP contribution in [0.5, 0.6) is 0 Å². The second-order valence-corrected chi connectivity index (χ2v) is 7.49. The quantitative estimate of drug-likeness (QED) is 0.589. The first-order valence-corrected chi connectivity index (χ1v) is 10.5. The Morgan fingerprint density at radius 2 is 1.65 bits per heavy atom. The molecule has 31 heavy (non-hydrogen) atoms. The lowest BCUT2D eigenvalue weighted by Gasteiger charge is -2.22. The van der Waals surface area contributed by atoms with E-state index in [1.165, 1.54) is 31.4 Å². The fraction of sp³-hybridized carbons (Fsp3) is 0.250. The van der Waals surface area contributed by atoms with Crippen LogP contribution >= 0.6 is 0 Å². The summed E-state index contributed by atoms with van der Waals surface area (Å²) < 4.78 is 0. The number of nitrogen functional groups attached to an aromatic ring is 1. The lowest BCUT2D eigenvalue weighted by atomic mass is 10.1. The van der Waals surface area contributed by atoms with Crippen LogP contribution in [0.4, 0.5) is 23.3 Å². The van der Waals surface area contributed by atoms with Crippen molar-refractivity contribution in [3.63, 3.8) is 0 Å². The highest BCUT2D eigenvalue weighted by molar-refractivity contribution is 5.87. The van der Waals surface area contributed by atoms with Gasteiger partial charge in [0, 0.05) is 24.5 Å². The molecule has 0 aliphatic carbocycles. The van der Waals surface area contributed by atoms with Gasteiger partial charge in [-0.3, -0.25) is 0 Å². The van der Waals surface area contributed by atoms with Crippen LogP contribution < -0.4 is 16.0 Å². The first-order chi connectivity index (χ1) is 15.2. The number of nitriles is 1. The molecule has 0 unspecified atom stereocenters. The SMILES string of the molecule is N#C/C(=C\c1ccc(N2CCCCCC2)cc1)c1nc(N)nc(Nc2ccccc2)n1. The van der Waals surface area contributed by atoms with Gasteiger partial charge in [-0.25, -0.2) is 0 Å². The molecule has 7 nitrogen and oxygen atoms in total. The largest absolute Gasteiger partial charge is 0.372 e. The van der Waals surface area contributed by atoms with Crippen molar-refractivity contribution in [2.24, 2.45) is 0 Å². The molecule has 4 rings (SSSR count). The number of para-hydroxylation sites is 1. The first-order valence-electron chi connectivity index (χ1n) is 10.5. The number of aromatic nitrogens is 3. The molecule has 0 spiro atoms. The molecule has 156 valence electrons. The molecule has 0 saturated carbocycles. The van der Waals surface area contributed by atoms with E-state index >= 15 is 0 Å². The topological polar surface area (TPSA) is 104 Å². The normalized spacial score (nSPS) is 14.5. The number of benzene rings is 2. The molecule has 1 aliphatic heterocycles. The molecule has 3 aromatic rings. The summed E-state index contributed by atoms with van der Waals surface area (Å²) in [7, 11) is 0. The average molecular weight is 412 g/mol. The van der Waals surface area contributed by atoms with E-state index in [1.807, 2.05) is 42.5 Å². The van der Waals surface area contributed by atoms with Crippen molar-refractivity contribution in [2.75, 3.05) is 29.0 Å². The van der Waals surface area contributed by atoms with Gasteiger partial charge >= 0.3 is 0 Å². The van der Waals surface area contributed by atoms with E-state index in [0.29, 0.717) is 11.5 Å². The summed E-state index contributed by atoms with van der Waals surface area (Å²) in [6.45, 7) is 2.19. The standard InChI is InChI=1S/C24H25N7/c25-17-19(16-18-10-12-21(13-11-18)31-14-6-1-2-7-15-31)22-28-23(26)30-24(29-22)27-20-8-4-3-5-9-20/h3-5,8-13,16H,1-2,6-7,14-15H2,(H3,26,27,28,29,30)/b19-16+. The van der Waals surface area contributed by atoms with E-state index in [1.54, 1.807) is 6.08 Å². The number of nitrogens with zero attached hydrogens (tertiary/aromatic N) is 5. The zero-order valence-electron chi connectivity index (χ0n) is 17.3. The predicted octanol–water partition coefficient (Wildman–Crippen LogP) is 4.64. The van der Waals surface area contributed by atoms with Gasteiger partial charge in [0.15, 0.2) is 5.82 Å². The molecule has 7 heteroatoms. The van der Waals surface area contributed by atoms with Crippen LogP contribution in [0.3, 0.4) is 0 Å². The number of rotatable bonds is 5. The van der Waals surface area contributed by atoms with Crippen molar-refractivity contribution in [3.8, 4) is 6.07 Å². The summed E-state index contributed by atoms with van der Waals surface area (Å²) in [5.41, 5.74) is 9.15. The Balaban J connectivity index is 1.56.